The van der Waals surface area contributed by atoms with Gasteiger partial charge in [-0.2, -0.15) is 0 Å². The number of nitrogens with zero attached hydrogens (tertiary/aromatic N) is 3. The Kier molecular flexibility index (Phi) is 8.42. The number of morpholine rings is 1. The molecule has 36 heavy (non-hydrogen) atoms. The minimum Gasteiger partial charge on any atom is -0.497 e. The van der Waals surface area contributed by atoms with Crippen LogP contribution in [0.2, 0.25) is 0 Å². The van der Waals surface area contributed by atoms with Gasteiger partial charge in [0.25, 0.3) is 0 Å². The molecular weight excluding hydrogens is 446 g/mol. The Bertz CT molecular complexity index is 1090. The maximum atomic E-state index is 5.55. The van der Waals surface area contributed by atoms with Gasteiger partial charge in [-0.3, -0.25) is 4.90 Å². The first-order chi connectivity index (χ1) is 17.8. The van der Waals surface area contributed by atoms with Gasteiger partial charge in [-0.1, -0.05) is 42.8 Å². The number of anilines is 2. The van der Waals surface area contributed by atoms with E-state index in [2.05, 4.69) is 81.4 Å². The van der Waals surface area contributed by atoms with Crippen molar-refractivity contribution in [3.05, 3.63) is 89.5 Å². The van der Waals surface area contributed by atoms with E-state index in [0.29, 0.717) is 0 Å². The summed E-state index contributed by atoms with van der Waals surface area (Å²) < 4.78 is 11.0. The molecule has 5 rings (SSSR count). The normalized spacial score (nSPS) is 16.6. The van der Waals surface area contributed by atoms with Crippen LogP contribution in [0.1, 0.15) is 36.0 Å². The molecule has 0 atom stereocenters. The Morgan fingerprint density at radius 1 is 0.750 bits per heavy atom. The molecule has 0 aromatic heterocycles. The summed E-state index contributed by atoms with van der Waals surface area (Å²) in [5, 5.41) is 0. The summed E-state index contributed by atoms with van der Waals surface area (Å²) >= 11 is 0. The van der Waals surface area contributed by atoms with Crippen LogP contribution in [0.4, 0.5) is 11.4 Å². The summed E-state index contributed by atoms with van der Waals surface area (Å²) in [5.74, 6) is 0.902. The number of ether oxygens (including phenoxy) is 2. The Balaban J connectivity index is 1.35. The quantitative estimate of drug-likeness (QED) is 0.386. The number of likely N-dealkylation sites (tertiary alicyclic amines) is 1. The maximum absolute atomic E-state index is 5.55. The minimum absolute atomic E-state index is 0.802. The lowest BCUT2D eigenvalue weighted by molar-refractivity contribution is 0.122. The lowest BCUT2D eigenvalue weighted by atomic mass is 10.1. The van der Waals surface area contributed by atoms with E-state index in [1.807, 2.05) is 6.07 Å². The predicted molar refractivity (Wildman–Crippen MR) is 148 cm³/mol. The van der Waals surface area contributed by atoms with Crippen LogP contribution in [-0.2, 0) is 24.4 Å². The van der Waals surface area contributed by atoms with E-state index >= 15 is 0 Å². The second-order valence-corrected chi connectivity index (χ2v) is 9.98. The Labute approximate surface area is 216 Å². The molecule has 0 saturated carbocycles. The van der Waals surface area contributed by atoms with Crippen molar-refractivity contribution >= 4 is 11.4 Å². The van der Waals surface area contributed by atoms with E-state index in [1.54, 1.807) is 7.11 Å². The van der Waals surface area contributed by atoms with E-state index in [1.165, 1.54) is 60.4 Å². The van der Waals surface area contributed by atoms with Crippen molar-refractivity contribution in [1.82, 2.24) is 4.90 Å². The SMILES string of the molecule is COc1cccc(CN(Cc2cccc(N3CCOCC3)c2)c2ccc(CN3CCCCC3)cc2)c1. The van der Waals surface area contributed by atoms with Gasteiger partial charge in [-0.15, -0.1) is 0 Å². The largest absolute Gasteiger partial charge is 0.497 e. The number of piperidine rings is 1. The second kappa shape index (κ2) is 12.3. The first-order valence-electron chi connectivity index (χ1n) is 13.4. The first-order valence-corrected chi connectivity index (χ1v) is 13.4. The van der Waals surface area contributed by atoms with Crippen molar-refractivity contribution in [3.63, 3.8) is 0 Å². The molecule has 5 nitrogen and oxygen atoms in total. The molecule has 0 unspecified atom stereocenters. The van der Waals surface area contributed by atoms with Crippen LogP contribution in [0.5, 0.6) is 5.75 Å². The highest BCUT2D eigenvalue weighted by molar-refractivity contribution is 5.52. The molecule has 2 aliphatic rings. The molecule has 190 valence electrons. The molecule has 0 bridgehead atoms. The van der Waals surface area contributed by atoms with E-state index in [0.717, 1.165) is 51.7 Å². The monoisotopic (exact) mass is 485 g/mol. The lowest BCUT2D eigenvalue weighted by Gasteiger charge is -2.30. The van der Waals surface area contributed by atoms with Crippen molar-refractivity contribution in [3.8, 4) is 5.75 Å². The van der Waals surface area contributed by atoms with Gasteiger partial charge >= 0.3 is 0 Å². The van der Waals surface area contributed by atoms with Crippen molar-refractivity contribution in [1.29, 1.82) is 0 Å². The van der Waals surface area contributed by atoms with E-state index in [-0.39, 0.29) is 0 Å². The summed E-state index contributed by atoms with van der Waals surface area (Å²) in [6.07, 6.45) is 4.03. The van der Waals surface area contributed by atoms with Crippen LogP contribution in [-0.4, -0.2) is 51.4 Å². The molecule has 5 heteroatoms. The molecule has 0 spiro atoms. The fourth-order valence-electron chi connectivity index (χ4n) is 5.31. The fraction of sp³-hybridized carbons (Fsp3) is 0.419. The highest BCUT2D eigenvalue weighted by Crippen LogP contribution is 2.25. The van der Waals surface area contributed by atoms with Gasteiger partial charge in [0.05, 0.1) is 20.3 Å². The first kappa shape index (κ1) is 24.7. The van der Waals surface area contributed by atoms with Crippen molar-refractivity contribution in [2.24, 2.45) is 0 Å². The van der Waals surface area contributed by atoms with Gasteiger partial charge in [0, 0.05) is 44.1 Å². The minimum atomic E-state index is 0.802. The van der Waals surface area contributed by atoms with Crippen molar-refractivity contribution in [2.75, 3.05) is 56.3 Å². The third-order valence-corrected chi connectivity index (χ3v) is 7.32. The molecule has 3 aromatic rings. The zero-order valence-electron chi connectivity index (χ0n) is 21.6. The third kappa shape index (κ3) is 6.59. The third-order valence-electron chi connectivity index (χ3n) is 7.32. The summed E-state index contributed by atoms with van der Waals surface area (Å²) in [5.41, 5.74) is 6.50. The van der Waals surface area contributed by atoms with E-state index in [9.17, 15) is 0 Å². The molecule has 0 N–H and O–H groups in total. The van der Waals surface area contributed by atoms with Crippen LogP contribution < -0.4 is 14.5 Å². The second-order valence-electron chi connectivity index (χ2n) is 9.98. The summed E-state index contributed by atoms with van der Waals surface area (Å²) in [7, 11) is 1.73. The van der Waals surface area contributed by atoms with Crippen LogP contribution in [0, 0.1) is 0 Å². The van der Waals surface area contributed by atoms with Gasteiger partial charge in [0.1, 0.15) is 5.75 Å². The zero-order valence-corrected chi connectivity index (χ0v) is 21.6. The molecular formula is C31H39N3O2. The number of hydrogen-bond acceptors (Lipinski definition) is 5. The molecule has 0 radical (unpaired) electrons. The van der Waals surface area contributed by atoms with E-state index in [4.69, 9.17) is 9.47 Å². The Hall–Kier alpha value is -3.02. The molecule has 0 amide bonds. The summed E-state index contributed by atoms with van der Waals surface area (Å²) in [4.78, 5) is 7.48. The number of hydrogen-bond donors (Lipinski definition) is 0. The number of rotatable bonds is 9. The van der Waals surface area contributed by atoms with Gasteiger partial charge in [0.15, 0.2) is 0 Å². The van der Waals surface area contributed by atoms with Crippen LogP contribution >= 0.6 is 0 Å². The van der Waals surface area contributed by atoms with Gasteiger partial charge < -0.3 is 19.3 Å². The Morgan fingerprint density at radius 3 is 2.17 bits per heavy atom. The Morgan fingerprint density at radius 2 is 1.44 bits per heavy atom. The van der Waals surface area contributed by atoms with Gasteiger partial charge in [-0.05, 0) is 79.0 Å². The summed E-state index contributed by atoms with van der Waals surface area (Å²) in [6.45, 7) is 8.69. The van der Waals surface area contributed by atoms with Gasteiger partial charge in [0.2, 0.25) is 0 Å². The maximum Gasteiger partial charge on any atom is 0.119 e. The molecule has 2 fully saturated rings. The smallest absolute Gasteiger partial charge is 0.119 e. The number of methoxy groups -OCH3 is 1. The average Bonchev–Trinajstić information content (AvgIpc) is 2.94. The topological polar surface area (TPSA) is 28.2 Å². The predicted octanol–water partition coefficient (Wildman–Crippen LogP) is 5.72. The van der Waals surface area contributed by atoms with Crippen molar-refractivity contribution < 1.29 is 9.47 Å². The molecule has 2 heterocycles. The molecule has 3 aromatic carbocycles. The van der Waals surface area contributed by atoms with Crippen LogP contribution in [0.15, 0.2) is 72.8 Å². The van der Waals surface area contributed by atoms with Crippen LogP contribution in [0.3, 0.4) is 0 Å². The van der Waals surface area contributed by atoms with Crippen LogP contribution in [0.25, 0.3) is 0 Å². The molecule has 2 aliphatic heterocycles. The lowest BCUT2D eigenvalue weighted by Crippen LogP contribution is -2.36. The molecule has 2 saturated heterocycles. The fourth-order valence-corrected chi connectivity index (χ4v) is 5.31. The number of benzene rings is 3. The standard InChI is InChI=1S/C31H39N3O2/c1-35-31-10-6-8-28(22-31)25-34(24-27-7-5-9-30(21-27)33-17-19-36-20-18-33)29-13-11-26(12-14-29)23-32-15-3-2-4-16-32/h5-14,21-22H,2-4,15-20,23-25H2,1H3. The van der Waals surface area contributed by atoms with E-state index < -0.39 is 0 Å². The molecule has 0 aliphatic carbocycles. The zero-order chi connectivity index (χ0) is 24.6. The van der Waals surface area contributed by atoms with Crippen molar-refractivity contribution in [2.45, 2.75) is 38.9 Å². The average molecular weight is 486 g/mol. The summed E-state index contributed by atoms with van der Waals surface area (Å²) in [6, 6.07) is 26.6. The highest BCUT2D eigenvalue weighted by atomic mass is 16.5. The highest BCUT2D eigenvalue weighted by Gasteiger charge is 2.15. The van der Waals surface area contributed by atoms with Gasteiger partial charge in [-0.25, -0.2) is 0 Å².